The summed E-state index contributed by atoms with van der Waals surface area (Å²) in [6.07, 6.45) is -4.02. The van der Waals surface area contributed by atoms with Crippen molar-refractivity contribution in [1.29, 1.82) is 0 Å². The lowest BCUT2D eigenvalue weighted by atomic mass is 10.2. The van der Waals surface area contributed by atoms with Gasteiger partial charge in [-0.2, -0.15) is 13.2 Å². The third-order valence-electron chi connectivity index (χ3n) is 2.87. The van der Waals surface area contributed by atoms with Crippen LogP contribution >= 0.6 is 0 Å². The molecular weight excluding hydrogens is 315 g/mol. The first-order chi connectivity index (χ1) is 10.5. The van der Waals surface area contributed by atoms with E-state index in [1.807, 2.05) is 0 Å². The summed E-state index contributed by atoms with van der Waals surface area (Å²) in [6, 6.07) is 1.31. The highest BCUT2D eigenvalue weighted by atomic mass is 19.4. The number of carbonyl (C=O) groups is 2. The number of rotatable bonds is 5. The number of amides is 2. The summed E-state index contributed by atoms with van der Waals surface area (Å²) in [6.45, 7) is 2.68. The van der Waals surface area contributed by atoms with Crippen molar-refractivity contribution in [2.24, 2.45) is 0 Å². The molecule has 128 valence electrons. The van der Waals surface area contributed by atoms with E-state index in [1.54, 1.807) is 13.8 Å². The van der Waals surface area contributed by atoms with Crippen LogP contribution in [0.3, 0.4) is 0 Å². The molecule has 1 aromatic heterocycles. The lowest BCUT2D eigenvalue weighted by Crippen LogP contribution is -2.42. The Kier molecular flexibility index (Phi) is 5.94. The van der Waals surface area contributed by atoms with E-state index in [0.29, 0.717) is 16.8 Å². The van der Waals surface area contributed by atoms with Gasteiger partial charge in [-0.1, -0.05) is 0 Å². The first-order valence-corrected chi connectivity index (χ1v) is 6.81. The standard InChI is InChI=1S/C14H18F3N3O3/c1-9(2)18-11(21)7-19(3)13(23)8-20-6-10(14(15,16)17)4-5-12(20)22/h4-6,9H,7-8H2,1-3H3,(H,18,21). The van der Waals surface area contributed by atoms with Gasteiger partial charge in [0, 0.05) is 25.4 Å². The monoisotopic (exact) mass is 333 g/mol. The molecule has 0 aliphatic rings. The van der Waals surface area contributed by atoms with Crippen molar-refractivity contribution in [3.8, 4) is 0 Å². The van der Waals surface area contributed by atoms with Crippen LogP contribution in [0.25, 0.3) is 0 Å². The van der Waals surface area contributed by atoms with Crippen LogP contribution in [0.5, 0.6) is 0 Å². The second-order valence-electron chi connectivity index (χ2n) is 5.35. The van der Waals surface area contributed by atoms with Crippen molar-refractivity contribution in [3.63, 3.8) is 0 Å². The molecule has 2 amide bonds. The molecule has 1 N–H and O–H groups in total. The lowest BCUT2D eigenvalue weighted by Gasteiger charge is -2.19. The number of hydrogen-bond acceptors (Lipinski definition) is 3. The molecule has 0 unspecified atom stereocenters. The van der Waals surface area contributed by atoms with Crippen LogP contribution in [0.15, 0.2) is 23.1 Å². The second kappa shape index (κ2) is 7.30. The third kappa shape index (κ3) is 5.76. The van der Waals surface area contributed by atoms with Crippen molar-refractivity contribution in [2.45, 2.75) is 32.6 Å². The minimum Gasteiger partial charge on any atom is -0.352 e. The molecule has 0 bridgehead atoms. The van der Waals surface area contributed by atoms with Gasteiger partial charge in [0.2, 0.25) is 11.8 Å². The van der Waals surface area contributed by atoms with Crippen LogP contribution in [-0.4, -0.2) is 40.9 Å². The normalized spacial score (nSPS) is 11.4. The summed E-state index contributed by atoms with van der Waals surface area (Å²) in [5.41, 5.74) is -1.75. The molecule has 0 radical (unpaired) electrons. The van der Waals surface area contributed by atoms with Gasteiger partial charge >= 0.3 is 6.18 Å². The Morgan fingerprint density at radius 2 is 1.91 bits per heavy atom. The lowest BCUT2D eigenvalue weighted by molar-refractivity contribution is -0.138. The SMILES string of the molecule is CC(C)NC(=O)CN(C)C(=O)Cn1cc(C(F)(F)F)ccc1=O. The van der Waals surface area contributed by atoms with Gasteiger partial charge in [-0.15, -0.1) is 0 Å². The van der Waals surface area contributed by atoms with Crippen molar-refractivity contribution in [2.75, 3.05) is 13.6 Å². The molecule has 0 atom stereocenters. The summed E-state index contributed by atoms with van der Waals surface area (Å²) in [4.78, 5) is 36.1. The highest BCUT2D eigenvalue weighted by molar-refractivity contribution is 5.84. The number of nitrogens with one attached hydrogen (secondary N) is 1. The highest BCUT2D eigenvalue weighted by Gasteiger charge is 2.31. The summed E-state index contributed by atoms with van der Waals surface area (Å²) >= 11 is 0. The van der Waals surface area contributed by atoms with Crippen LogP contribution < -0.4 is 10.9 Å². The molecule has 0 saturated carbocycles. The summed E-state index contributed by atoms with van der Waals surface area (Å²) in [5.74, 6) is -1.04. The number of halogens is 3. The summed E-state index contributed by atoms with van der Waals surface area (Å²) in [5, 5.41) is 2.58. The van der Waals surface area contributed by atoms with E-state index >= 15 is 0 Å². The Morgan fingerprint density at radius 3 is 2.43 bits per heavy atom. The van der Waals surface area contributed by atoms with E-state index in [9.17, 15) is 27.6 Å². The number of carbonyl (C=O) groups excluding carboxylic acids is 2. The Bertz CT molecular complexity index is 638. The van der Waals surface area contributed by atoms with Crippen LogP contribution in [0.1, 0.15) is 19.4 Å². The molecular formula is C14H18F3N3O3. The molecule has 0 saturated heterocycles. The fraction of sp³-hybridized carbons (Fsp3) is 0.500. The van der Waals surface area contributed by atoms with Crippen molar-refractivity contribution in [3.05, 3.63) is 34.2 Å². The number of likely N-dealkylation sites (N-methyl/N-ethyl adjacent to an activating group) is 1. The molecule has 0 fully saturated rings. The average molecular weight is 333 g/mol. The molecule has 1 heterocycles. The van der Waals surface area contributed by atoms with Gasteiger partial charge in [-0.25, -0.2) is 0 Å². The third-order valence-corrected chi connectivity index (χ3v) is 2.87. The van der Waals surface area contributed by atoms with Gasteiger partial charge in [-0.05, 0) is 19.9 Å². The first kappa shape index (κ1) is 18.7. The first-order valence-electron chi connectivity index (χ1n) is 6.81. The Balaban J connectivity index is 2.81. The van der Waals surface area contributed by atoms with E-state index in [2.05, 4.69) is 5.32 Å². The Hall–Kier alpha value is -2.32. The maximum atomic E-state index is 12.6. The molecule has 9 heteroatoms. The topological polar surface area (TPSA) is 71.4 Å². The van der Waals surface area contributed by atoms with Crippen LogP contribution in [0, 0.1) is 0 Å². The maximum Gasteiger partial charge on any atom is 0.417 e. The van der Waals surface area contributed by atoms with E-state index in [1.165, 1.54) is 7.05 Å². The van der Waals surface area contributed by atoms with E-state index in [4.69, 9.17) is 0 Å². The van der Waals surface area contributed by atoms with Gasteiger partial charge in [-0.3, -0.25) is 14.4 Å². The molecule has 6 nitrogen and oxygen atoms in total. The molecule has 0 aliphatic heterocycles. The molecule has 1 aromatic rings. The molecule has 0 spiro atoms. The molecule has 0 aromatic carbocycles. The maximum absolute atomic E-state index is 12.6. The van der Waals surface area contributed by atoms with Crippen LogP contribution in [0.2, 0.25) is 0 Å². The van der Waals surface area contributed by atoms with Gasteiger partial charge < -0.3 is 14.8 Å². The number of aromatic nitrogens is 1. The number of nitrogens with zero attached hydrogens (tertiary/aromatic N) is 2. The quantitative estimate of drug-likeness (QED) is 0.868. The van der Waals surface area contributed by atoms with Gasteiger partial charge in [0.1, 0.15) is 6.54 Å². The molecule has 0 aliphatic carbocycles. The van der Waals surface area contributed by atoms with E-state index in [-0.39, 0.29) is 12.6 Å². The largest absolute Gasteiger partial charge is 0.417 e. The van der Waals surface area contributed by atoms with Crippen LogP contribution in [-0.2, 0) is 22.3 Å². The van der Waals surface area contributed by atoms with E-state index < -0.39 is 35.7 Å². The molecule has 1 rings (SSSR count). The van der Waals surface area contributed by atoms with E-state index in [0.717, 1.165) is 11.0 Å². The van der Waals surface area contributed by atoms with Crippen molar-refractivity contribution in [1.82, 2.24) is 14.8 Å². The zero-order valence-electron chi connectivity index (χ0n) is 13.0. The number of alkyl halides is 3. The smallest absolute Gasteiger partial charge is 0.352 e. The zero-order chi connectivity index (χ0) is 17.8. The fourth-order valence-corrected chi connectivity index (χ4v) is 1.76. The minimum absolute atomic E-state index is 0.0999. The Morgan fingerprint density at radius 1 is 1.30 bits per heavy atom. The van der Waals surface area contributed by atoms with Crippen molar-refractivity contribution < 1.29 is 22.8 Å². The minimum atomic E-state index is -4.61. The second-order valence-corrected chi connectivity index (χ2v) is 5.35. The predicted molar refractivity (Wildman–Crippen MR) is 76.6 cm³/mol. The Labute approximate surface area is 130 Å². The predicted octanol–water partition coefficient (Wildman–Crippen LogP) is 0.850. The number of hydrogen-bond donors (Lipinski definition) is 1. The average Bonchev–Trinajstić information content (AvgIpc) is 2.38. The number of pyridine rings is 1. The van der Waals surface area contributed by atoms with Gasteiger partial charge in [0.25, 0.3) is 5.56 Å². The van der Waals surface area contributed by atoms with Crippen molar-refractivity contribution >= 4 is 11.8 Å². The zero-order valence-corrected chi connectivity index (χ0v) is 13.0. The van der Waals surface area contributed by atoms with Gasteiger partial charge in [0.05, 0.1) is 12.1 Å². The summed E-state index contributed by atoms with van der Waals surface area (Å²) < 4.78 is 38.5. The summed E-state index contributed by atoms with van der Waals surface area (Å²) in [7, 11) is 1.33. The molecule has 23 heavy (non-hydrogen) atoms. The van der Waals surface area contributed by atoms with Gasteiger partial charge in [0.15, 0.2) is 0 Å². The van der Waals surface area contributed by atoms with Crippen LogP contribution in [0.4, 0.5) is 13.2 Å². The highest BCUT2D eigenvalue weighted by Crippen LogP contribution is 2.27. The fourth-order valence-electron chi connectivity index (χ4n) is 1.76.